The molecule has 0 spiro atoms. The van der Waals surface area contributed by atoms with E-state index in [0.717, 1.165) is 11.3 Å². The highest BCUT2D eigenvalue weighted by Crippen LogP contribution is 2.23. The lowest BCUT2D eigenvalue weighted by atomic mass is 10.2. The van der Waals surface area contributed by atoms with Crippen LogP contribution in [0.1, 0.15) is 11.4 Å². The number of nitrogens with zero attached hydrogens (tertiary/aromatic N) is 2. The predicted octanol–water partition coefficient (Wildman–Crippen LogP) is 1.97. The Hall–Kier alpha value is -1.66. The summed E-state index contributed by atoms with van der Waals surface area (Å²) in [5, 5.41) is 7.30. The van der Waals surface area contributed by atoms with Crippen LogP contribution in [-0.2, 0) is 6.54 Å². The van der Waals surface area contributed by atoms with E-state index in [1.54, 1.807) is 18.2 Å². The minimum Gasteiger partial charge on any atom is -0.389 e. The van der Waals surface area contributed by atoms with Crippen molar-refractivity contribution in [2.45, 2.75) is 6.54 Å². The van der Waals surface area contributed by atoms with Crippen LogP contribution in [0.25, 0.3) is 0 Å². The highest BCUT2D eigenvalue weighted by Gasteiger charge is 2.04. The second kappa shape index (κ2) is 5.11. The molecule has 88 valence electrons. The van der Waals surface area contributed by atoms with E-state index in [-0.39, 0.29) is 0 Å². The molecule has 0 saturated heterocycles. The number of benzene rings is 1. The molecular weight excluding hydrogens is 260 g/mol. The zero-order chi connectivity index (χ0) is 12.3. The lowest BCUT2D eigenvalue weighted by Gasteiger charge is -2.07. The molecule has 0 aliphatic rings. The number of halogens is 1. The molecule has 0 aliphatic carbocycles. The quantitative estimate of drug-likeness (QED) is 0.826. The summed E-state index contributed by atoms with van der Waals surface area (Å²) >= 11 is 10.9. The van der Waals surface area contributed by atoms with Crippen LogP contribution in [0.3, 0.4) is 0 Å². The van der Waals surface area contributed by atoms with Gasteiger partial charge in [-0.3, -0.25) is 0 Å². The molecule has 0 saturated carbocycles. The molecule has 1 heterocycles. The van der Waals surface area contributed by atoms with Gasteiger partial charge in [-0.05, 0) is 18.2 Å². The SMILES string of the molecule is NC(=S)c1ccc(NCc2ncon2)c(Cl)c1. The molecule has 17 heavy (non-hydrogen) atoms. The van der Waals surface area contributed by atoms with Crippen molar-refractivity contribution in [3.05, 3.63) is 41.0 Å². The van der Waals surface area contributed by atoms with Crippen molar-refractivity contribution in [1.82, 2.24) is 10.1 Å². The molecule has 1 aromatic carbocycles. The van der Waals surface area contributed by atoms with Gasteiger partial charge in [0.25, 0.3) is 0 Å². The molecule has 0 atom stereocenters. The summed E-state index contributed by atoms with van der Waals surface area (Å²) in [6.07, 6.45) is 1.27. The number of hydrogen-bond acceptors (Lipinski definition) is 5. The summed E-state index contributed by atoms with van der Waals surface area (Å²) in [7, 11) is 0. The maximum atomic E-state index is 6.07. The smallest absolute Gasteiger partial charge is 0.213 e. The average Bonchev–Trinajstić information content (AvgIpc) is 2.80. The first-order chi connectivity index (χ1) is 8.16. The fourth-order valence-corrected chi connectivity index (χ4v) is 1.63. The first-order valence-electron chi connectivity index (χ1n) is 4.75. The third-order valence-electron chi connectivity index (χ3n) is 2.10. The van der Waals surface area contributed by atoms with Crippen molar-refractivity contribution in [3.63, 3.8) is 0 Å². The van der Waals surface area contributed by atoms with Gasteiger partial charge >= 0.3 is 0 Å². The summed E-state index contributed by atoms with van der Waals surface area (Å²) in [6, 6.07) is 5.31. The van der Waals surface area contributed by atoms with Crippen molar-refractivity contribution in [1.29, 1.82) is 0 Å². The van der Waals surface area contributed by atoms with Crippen molar-refractivity contribution in [3.8, 4) is 0 Å². The normalized spacial score (nSPS) is 10.2. The highest BCUT2D eigenvalue weighted by atomic mass is 35.5. The van der Waals surface area contributed by atoms with Crippen molar-refractivity contribution >= 4 is 34.5 Å². The van der Waals surface area contributed by atoms with Crippen LogP contribution < -0.4 is 11.1 Å². The van der Waals surface area contributed by atoms with Crippen LogP contribution in [0.2, 0.25) is 5.02 Å². The molecule has 0 amide bonds. The van der Waals surface area contributed by atoms with E-state index in [1.165, 1.54) is 6.39 Å². The van der Waals surface area contributed by atoms with E-state index < -0.39 is 0 Å². The van der Waals surface area contributed by atoms with Crippen LogP contribution in [0.15, 0.2) is 29.1 Å². The minimum absolute atomic E-state index is 0.316. The van der Waals surface area contributed by atoms with Crippen LogP contribution in [0.4, 0.5) is 5.69 Å². The van der Waals surface area contributed by atoms with E-state index >= 15 is 0 Å². The Balaban J connectivity index is 2.09. The maximum Gasteiger partial charge on any atom is 0.213 e. The Morgan fingerprint density at radius 1 is 1.53 bits per heavy atom. The Kier molecular flexibility index (Phi) is 3.55. The van der Waals surface area contributed by atoms with E-state index in [2.05, 4.69) is 20.0 Å². The summed E-state index contributed by atoms with van der Waals surface area (Å²) < 4.78 is 4.62. The molecule has 0 radical (unpaired) electrons. The molecule has 0 fully saturated rings. The number of nitrogens with two attached hydrogens (primary N) is 1. The lowest BCUT2D eigenvalue weighted by Crippen LogP contribution is -2.09. The first-order valence-corrected chi connectivity index (χ1v) is 5.54. The fourth-order valence-electron chi connectivity index (χ4n) is 1.26. The Morgan fingerprint density at radius 2 is 2.35 bits per heavy atom. The van der Waals surface area contributed by atoms with Crippen molar-refractivity contribution in [2.24, 2.45) is 5.73 Å². The van der Waals surface area contributed by atoms with Gasteiger partial charge in [-0.15, -0.1) is 0 Å². The minimum atomic E-state index is 0.316. The number of rotatable bonds is 4. The zero-order valence-corrected chi connectivity index (χ0v) is 10.3. The molecule has 1 aromatic heterocycles. The molecule has 0 bridgehead atoms. The molecule has 3 N–H and O–H groups in total. The van der Waals surface area contributed by atoms with E-state index in [1.807, 2.05) is 0 Å². The molecule has 0 unspecified atom stereocenters. The van der Waals surface area contributed by atoms with E-state index in [9.17, 15) is 0 Å². The van der Waals surface area contributed by atoms with E-state index in [4.69, 9.17) is 29.6 Å². The van der Waals surface area contributed by atoms with Gasteiger partial charge in [-0.25, -0.2) is 0 Å². The summed E-state index contributed by atoms with van der Waals surface area (Å²) in [4.78, 5) is 4.20. The second-order valence-corrected chi connectivity index (χ2v) is 4.11. The molecule has 7 heteroatoms. The average molecular weight is 269 g/mol. The number of nitrogens with one attached hydrogen (secondary N) is 1. The largest absolute Gasteiger partial charge is 0.389 e. The third kappa shape index (κ3) is 2.92. The predicted molar refractivity (Wildman–Crippen MR) is 69.0 cm³/mol. The molecule has 2 aromatic rings. The topological polar surface area (TPSA) is 77.0 Å². The summed E-state index contributed by atoms with van der Waals surface area (Å²) in [5.74, 6) is 0.555. The summed E-state index contributed by atoms with van der Waals surface area (Å²) in [6.45, 7) is 0.433. The molecule has 0 aliphatic heterocycles. The van der Waals surface area contributed by atoms with Crippen LogP contribution in [0.5, 0.6) is 0 Å². The van der Waals surface area contributed by atoms with Gasteiger partial charge in [-0.1, -0.05) is 29.0 Å². The number of hydrogen-bond donors (Lipinski definition) is 2. The van der Waals surface area contributed by atoms with Crippen molar-refractivity contribution < 1.29 is 4.52 Å². The van der Waals surface area contributed by atoms with Gasteiger partial charge in [0.15, 0.2) is 5.82 Å². The monoisotopic (exact) mass is 268 g/mol. The standard InChI is InChI=1S/C10H9ClN4OS/c11-7-3-6(10(12)17)1-2-8(7)13-4-9-14-5-16-15-9/h1-3,5,13H,4H2,(H2,12,17). The van der Waals surface area contributed by atoms with Crippen LogP contribution in [-0.4, -0.2) is 15.1 Å². The molecular formula is C10H9ClN4OS. The lowest BCUT2D eigenvalue weighted by molar-refractivity contribution is 0.411. The van der Waals surface area contributed by atoms with Gasteiger partial charge in [0.2, 0.25) is 6.39 Å². The fraction of sp³-hybridized carbons (Fsp3) is 0.100. The van der Waals surface area contributed by atoms with Crippen LogP contribution >= 0.6 is 23.8 Å². The molecule has 2 rings (SSSR count). The molecule has 5 nitrogen and oxygen atoms in total. The van der Waals surface area contributed by atoms with Gasteiger partial charge in [0.1, 0.15) is 4.99 Å². The zero-order valence-electron chi connectivity index (χ0n) is 8.68. The van der Waals surface area contributed by atoms with Gasteiger partial charge in [-0.2, -0.15) is 4.98 Å². The second-order valence-electron chi connectivity index (χ2n) is 3.26. The third-order valence-corrected chi connectivity index (χ3v) is 2.65. The first kappa shape index (κ1) is 11.8. The number of anilines is 1. The van der Waals surface area contributed by atoms with Gasteiger partial charge in [0, 0.05) is 5.56 Å². The Morgan fingerprint density at radius 3 is 2.94 bits per heavy atom. The van der Waals surface area contributed by atoms with Gasteiger partial charge in [0.05, 0.1) is 17.3 Å². The maximum absolute atomic E-state index is 6.07. The Labute approximate surface area is 108 Å². The van der Waals surface area contributed by atoms with Crippen LogP contribution in [0, 0.1) is 0 Å². The Bertz CT molecular complexity index is 529. The summed E-state index contributed by atoms with van der Waals surface area (Å²) in [5.41, 5.74) is 7.00. The van der Waals surface area contributed by atoms with Crippen molar-refractivity contribution in [2.75, 3.05) is 5.32 Å². The highest BCUT2D eigenvalue weighted by molar-refractivity contribution is 7.80. The number of thiocarbonyl (C=S) groups is 1. The number of aromatic nitrogens is 2. The van der Waals surface area contributed by atoms with E-state index in [0.29, 0.717) is 22.4 Å². The van der Waals surface area contributed by atoms with Gasteiger partial charge < -0.3 is 15.6 Å².